The van der Waals surface area contributed by atoms with Crippen LogP contribution in [0.5, 0.6) is 5.88 Å². The number of hydrogen-bond donors (Lipinski definition) is 0. The average molecular weight is 391 g/mol. The second kappa shape index (κ2) is 9.84. The highest BCUT2D eigenvalue weighted by atomic mass is 16.5. The Morgan fingerprint density at radius 3 is 2.39 bits per heavy atom. The minimum atomic E-state index is -0.0329. The Bertz CT molecular complexity index is 652. The van der Waals surface area contributed by atoms with Crippen LogP contribution in [-0.2, 0) is 14.3 Å². The van der Waals surface area contributed by atoms with Gasteiger partial charge in [0.15, 0.2) is 0 Å². The molecule has 0 atom stereocenters. The summed E-state index contributed by atoms with van der Waals surface area (Å²) >= 11 is 0. The Balaban J connectivity index is 1.62. The number of hydrogen-bond acceptors (Lipinski definition) is 6. The summed E-state index contributed by atoms with van der Waals surface area (Å²) in [5, 5.41) is 0. The van der Waals surface area contributed by atoms with Crippen LogP contribution in [0.25, 0.3) is 0 Å². The van der Waals surface area contributed by atoms with E-state index in [0.717, 1.165) is 25.7 Å². The van der Waals surface area contributed by atoms with Gasteiger partial charge in [0.2, 0.25) is 11.8 Å². The molecule has 0 saturated carbocycles. The normalized spacial score (nSPS) is 18.7. The fourth-order valence-corrected chi connectivity index (χ4v) is 4.02. The molecule has 2 saturated heterocycles. The van der Waals surface area contributed by atoms with Gasteiger partial charge >= 0.3 is 0 Å². The Kier molecular flexibility index (Phi) is 7.22. The van der Waals surface area contributed by atoms with Crippen molar-refractivity contribution in [2.75, 3.05) is 47.1 Å². The van der Waals surface area contributed by atoms with Gasteiger partial charge in [-0.2, -0.15) is 0 Å². The summed E-state index contributed by atoms with van der Waals surface area (Å²) in [5.74, 6) is 0.479. The molecule has 2 amide bonds. The van der Waals surface area contributed by atoms with Gasteiger partial charge in [-0.05, 0) is 31.7 Å². The molecule has 1 aromatic rings. The Morgan fingerprint density at radius 2 is 1.82 bits per heavy atom. The van der Waals surface area contributed by atoms with Crippen LogP contribution in [0, 0.1) is 0 Å². The van der Waals surface area contributed by atoms with E-state index in [2.05, 4.69) is 4.98 Å². The van der Waals surface area contributed by atoms with E-state index in [-0.39, 0.29) is 30.5 Å². The fourth-order valence-electron chi connectivity index (χ4n) is 4.02. The number of methoxy groups -OCH3 is 2. The van der Waals surface area contributed by atoms with Crippen LogP contribution in [0.1, 0.15) is 36.0 Å². The Labute approximate surface area is 165 Å². The molecule has 2 aliphatic heterocycles. The highest BCUT2D eigenvalue weighted by Gasteiger charge is 2.34. The lowest BCUT2D eigenvalue weighted by Crippen LogP contribution is -2.54. The molecule has 2 aliphatic rings. The number of pyridine rings is 1. The first-order valence-electron chi connectivity index (χ1n) is 9.81. The third-order valence-electron chi connectivity index (χ3n) is 5.48. The van der Waals surface area contributed by atoms with Gasteiger partial charge in [-0.25, -0.2) is 4.98 Å². The molecule has 154 valence electrons. The molecule has 0 bridgehead atoms. The molecule has 3 rings (SSSR count). The Morgan fingerprint density at radius 1 is 1.14 bits per heavy atom. The summed E-state index contributed by atoms with van der Waals surface area (Å²) in [4.78, 5) is 33.4. The van der Waals surface area contributed by atoms with Gasteiger partial charge in [-0.1, -0.05) is 0 Å². The van der Waals surface area contributed by atoms with E-state index in [9.17, 15) is 9.59 Å². The number of likely N-dealkylation sites (tertiary alicyclic amines) is 1. The molecule has 0 aromatic carbocycles. The van der Waals surface area contributed by atoms with E-state index in [1.54, 1.807) is 32.5 Å². The highest BCUT2D eigenvalue weighted by Crippen LogP contribution is 2.25. The Hall–Kier alpha value is -2.19. The van der Waals surface area contributed by atoms with Gasteiger partial charge < -0.3 is 24.0 Å². The van der Waals surface area contributed by atoms with E-state index in [4.69, 9.17) is 14.2 Å². The van der Waals surface area contributed by atoms with Gasteiger partial charge in [-0.3, -0.25) is 9.59 Å². The van der Waals surface area contributed by atoms with Crippen molar-refractivity contribution >= 4 is 11.8 Å². The van der Waals surface area contributed by atoms with Gasteiger partial charge in [0.25, 0.3) is 5.91 Å². The third kappa shape index (κ3) is 4.80. The van der Waals surface area contributed by atoms with E-state index < -0.39 is 0 Å². The van der Waals surface area contributed by atoms with E-state index in [0.29, 0.717) is 37.7 Å². The molecule has 0 aliphatic carbocycles. The van der Waals surface area contributed by atoms with Crippen LogP contribution in [0.3, 0.4) is 0 Å². The second-order valence-corrected chi connectivity index (χ2v) is 7.19. The number of nitrogens with zero attached hydrogens (tertiary/aromatic N) is 3. The van der Waals surface area contributed by atoms with Crippen LogP contribution in [-0.4, -0.2) is 85.8 Å². The van der Waals surface area contributed by atoms with Crippen molar-refractivity contribution in [3.8, 4) is 5.88 Å². The smallest absolute Gasteiger partial charge is 0.255 e. The van der Waals surface area contributed by atoms with Crippen LogP contribution >= 0.6 is 0 Å². The number of amides is 2. The summed E-state index contributed by atoms with van der Waals surface area (Å²) in [7, 11) is 3.09. The van der Waals surface area contributed by atoms with Gasteiger partial charge in [0, 0.05) is 57.8 Å². The molecule has 0 spiro atoms. The quantitative estimate of drug-likeness (QED) is 0.728. The minimum Gasteiger partial charge on any atom is -0.481 e. The van der Waals surface area contributed by atoms with Crippen molar-refractivity contribution in [3.05, 3.63) is 23.9 Å². The summed E-state index contributed by atoms with van der Waals surface area (Å²) < 4.78 is 15.6. The van der Waals surface area contributed by atoms with Crippen LogP contribution in [0.15, 0.2) is 18.3 Å². The minimum absolute atomic E-state index is 0.0264. The summed E-state index contributed by atoms with van der Waals surface area (Å²) in [6.45, 7) is 2.70. The second-order valence-electron chi connectivity index (χ2n) is 7.19. The predicted octanol–water partition coefficient (Wildman–Crippen LogP) is 1.35. The molecule has 0 N–H and O–H groups in total. The topological polar surface area (TPSA) is 81.2 Å². The number of ether oxygens (including phenoxy) is 3. The lowest BCUT2D eigenvalue weighted by molar-refractivity contribution is -0.143. The molecule has 0 unspecified atom stereocenters. The summed E-state index contributed by atoms with van der Waals surface area (Å²) in [6, 6.07) is 3.74. The van der Waals surface area contributed by atoms with E-state index in [1.165, 1.54) is 0 Å². The maximum atomic E-state index is 12.7. The van der Waals surface area contributed by atoms with Crippen molar-refractivity contribution < 1.29 is 23.8 Å². The van der Waals surface area contributed by atoms with Crippen molar-refractivity contribution in [2.24, 2.45) is 0 Å². The zero-order valence-corrected chi connectivity index (χ0v) is 16.6. The van der Waals surface area contributed by atoms with Gasteiger partial charge in [-0.15, -0.1) is 0 Å². The number of piperidine rings is 1. The monoisotopic (exact) mass is 391 g/mol. The molecule has 3 heterocycles. The fraction of sp³-hybridized carbons (Fsp3) is 0.650. The maximum absolute atomic E-state index is 12.7. The molecule has 0 radical (unpaired) electrons. The first kappa shape index (κ1) is 20.5. The maximum Gasteiger partial charge on any atom is 0.255 e. The lowest BCUT2D eigenvalue weighted by atomic mass is 9.97. The first-order valence-corrected chi connectivity index (χ1v) is 9.81. The van der Waals surface area contributed by atoms with Crippen LogP contribution < -0.4 is 4.74 Å². The lowest BCUT2D eigenvalue weighted by Gasteiger charge is -2.43. The zero-order chi connectivity index (χ0) is 19.9. The van der Waals surface area contributed by atoms with E-state index >= 15 is 0 Å². The van der Waals surface area contributed by atoms with Crippen molar-refractivity contribution in [1.29, 1.82) is 0 Å². The standard InChI is InChI=1S/C20H29N3O5/c1-26-14-19(24)23(17-7-11-28-12-8-17)16-5-9-22(10-6-16)20(25)15-3-4-18(27-2)21-13-15/h3-4,13,16-17H,5-12,14H2,1-2H3. The molecule has 28 heavy (non-hydrogen) atoms. The molecular weight excluding hydrogens is 362 g/mol. The van der Waals surface area contributed by atoms with Crippen molar-refractivity contribution in [3.63, 3.8) is 0 Å². The SMILES string of the molecule is COCC(=O)N(C1CCOCC1)C1CCN(C(=O)c2ccc(OC)nc2)CC1. The highest BCUT2D eigenvalue weighted by molar-refractivity contribution is 5.94. The number of aromatic nitrogens is 1. The van der Waals surface area contributed by atoms with Crippen LogP contribution in [0.2, 0.25) is 0 Å². The zero-order valence-electron chi connectivity index (χ0n) is 16.6. The van der Waals surface area contributed by atoms with E-state index in [1.807, 2.05) is 9.80 Å². The summed E-state index contributed by atoms with van der Waals surface area (Å²) in [5.41, 5.74) is 0.552. The first-order chi connectivity index (χ1) is 13.6. The number of carbonyl (C=O) groups is 2. The third-order valence-corrected chi connectivity index (χ3v) is 5.48. The average Bonchev–Trinajstić information content (AvgIpc) is 2.75. The molecule has 1 aromatic heterocycles. The summed E-state index contributed by atoms with van der Waals surface area (Å²) in [6.07, 6.45) is 4.78. The van der Waals surface area contributed by atoms with Gasteiger partial charge in [0.05, 0.1) is 12.7 Å². The molecular formula is C20H29N3O5. The predicted molar refractivity (Wildman–Crippen MR) is 102 cm³/mol. The molecule has 8 nitrogen and oxygen atoms in total. The number of carbonyl (C=O) groups excluding carboxylic acids is 2. The van der Waals surface area contributed by atoms with Crippen molar-refractivity contribution in [2.45, 2.75) is 37.8 Å². The van der Waals surface area contributed by atoms with Crippen LogP contribution in [0.4, 0.5) is 0 Å². The molecule has 2 fully saturated rings. The van der Waals surface area contributed by atoms with Crippen molar-refractivity contribution in [1.82, 2.24) is 14.8 Å². The largest absolute Gasteiger partial charge is 0.481 e. The molecule has 8 heteroatoms. The number of rotatable bonds is 6. The van der Waals surface area contributed by atoms with Gasteiger partial charge in [0.1, 0.15) is 6.61 Å².